The fourth-order valence-corrected chi connectivity index (χ4v) is 2.69. The quantitative estimate of drug-likeness (QED) is 0.908. The summed E-state index contributed by atoms with van der Waals surface area (Å²) in [4.78, 5) is 12.0. The second-order valence-corrected chi connectivity index (χ2v) is 5.83. The molecular weight excluding hydrogens is 292 g/mol. The SMILES string of the molecule is Cc1ccccc1NC(=O)Nc1cnn(C[C@H]2CCCCO2)c1. The average molecular weight is 314 g/mol. The van der Waals surface area contributed by atoms with Gasteiger partial charge >= 0.3 is 6.03 Å². The molecule has 1 aromatic carbocycles. The van der Waals surface area contributed by atoms with Crippen LogP contribution < -0.4 is 10.6 Å². The number of amides is 2. The van der Waals surface area contributed by atoms with Crippen molar-refractivity contribution >= 4 is 17.4 Å². The van der Waals surface area contributed by atoms with E-state index in [2.05, 4.69) is 15.7 Å². The Kier molecular flexibility index (Phi) is 4.92. The van der Waals surface area contributed by atoms with E-state index in [-0.39, 0.29) is 12.1 Å². The second kappa shape index (κ2) is 7.28. The van der Waals surface area contributed by atoms with Gasteiger partial charge in [0, 0.05) is 18.5 Å². The summed E-state index contributed by atoms with van der Waals surface area (Å²) in [6, 6.07) is 7.39. The van der Waals surface area contributed by atoms with Crippen molar-refractivity contribution in [3.8, 4) is 0 Å². The lowest BCUT2D eigenvalue weighted by Crippen LogP contribution is -2.24. The van der Waals surface area contributed by atoms with Crippen LogP contribution in [0.4, 0.5) is 16.2 Å². The Morgan fingerprint density at radius 2 is 2.22 bits per heavy atom. The third-order valence-corrected chi connectivity index (χ3v) is 3.95. The van der Waals surface area contributed by atoms with Crippen LogP contribution in [-0.2, 0) is 11.3 Å². The molecule has 1 aliphatic rings. The summed E-state index contributed by atoms with van der Waals surface area (Å²) in [5.74, 6) is 0. The van der Waals surface area contributed by atoms with E-state index in [0.29, 0.717) is 5.69 Å². The van der Waals surface area contributed by atoms with Crippen LogP contribution in [0.15, 0.2) is 36.7 Å². The van der Waals surface area contributed by atoms with E-state index in [9.17, 15) is 4.79 Å². The zero-order valence-corrected chi connectivity index (χ0v) is 13.3. The number of nitrogens with zero attached hydrogens (tertiary/aromatic N) is 2. The van der Waals surface area contributed by atoms with Gasteiger partial charge in [-0.1, -0.05) is 18.2 Å². The number of ether oxygens (including phenoxy) is 1. The minimum Gasteiger partial charge on any atom is -0.376 e. The molecule has 1 aromatic heterocycles. The van der Waals surface area contributed by atoms with Gasteiger partial charge in [0.15, 0.2) is 0 Å². The first-order chi connectivity index (χ1) is 11.2. The minimum absolute atomic E-state index is 0.220. The highest BCUT2D eigenvalue weighted by molar-refractivity contribution is 6.00. The molecule has 2 amide bonds. The summed E-state index contributed by atoms with van der Waals surface area (Å²) in [7, 11) is 0. The number of para-hydroxylation sites is 1. The van der Waals surface area contributed by atoms with Gasteiger partial charge in [-0.15, -0.1) is 0 Å². The van der Waals surface area contributed by atoms with Crippen LogP contribution >= 0.6 is 0 Å². The number of hydrogen-bond acceptors (Lipinski definition) is 3. The molecule has 0 saturated carbocycles. The standard InChI is InChI=1S/C17H22N4O2/c1-13-6-2-3-8-16(13)20-17(22)19-14-10-18-21(11-14)12-15-7-4-5-9-23-15/h2-3,6,8,10-11,15H,4-5,7,9,12H2,1H3,(H2,19,20,22)/t15-/m1/s1. The molecule has 3 rings (SSSR count). The van der Waals surface area contributed by atoms with Gasteiger partial charge in [0.25, 0.3) is 0 Å². The monoisotopic (exact) mass is 314 g/mol. The lowest BCUT2D eigenvalue weighted by Gasteiger charge is -2.22. The van der Waals surface area contributed by atoms with Gasteiger partial charge in [-0.25, -0.2) is 4.79 Å². The van der Waals surface area contributed by atoms with Crippen molar-refractivity contribution in [2.45, 2.75) is 38.8 Å². The van der Waals surface area contributed by atoms with E-state index in [1.165, 1.54) is 6.42 Å². The highest BCUT2D eigenvalue weighted by Crippen LogP contribution is 2.16. The number of anilines is 2. The molecule has 2 heterocycles. The zero-order valence-electron chi connectivity index (χ0n) is 13.3. The Bertz CT molecular complexity index is 662. The van der Waals surface area contributed by atoms with Crippen molar-refractivity contribution in [3.63, 3.8) is 0 Å². The predicted molar refractivity (Wildman–Crippen MR) is 89.6 cm³/mol. The van der Waals surface area contributed by atoms with Crippen molar-refractivity contribution in [2.24, 2.45) is 0 Å². The highest BCUT2D eigenvalue weighted by atomic mass is 16.5. The molecular formula is C17H22N4O2. The largest absolute Gasteiger partial charge is 0.376 e. The number of carbonyl (C=O) groups is 1. The maximum Gasteiger partial charge on any atom is 0.323 e. The van der Waals surface area contributed by atoms with Crippen molar-refractivity contribution < 1.29 is 9.53 Å². The summed E-state index contributed by atoms with van der Waals surface area (Å²) in [6.07, 6.45) is 7.11. The summed E-state index contributed by atoms with van der Waals surface area (Å²) >= 11 is 0. The lowest BCUT2D eigenvalue weighted by atomic mass is 10.1. The molecule has 1 fully saturated rings. The Morgan fingerprint density at radius 3 is 3.00 bits per heavy atom. The third kappa shape index (κ3) is 4.32. The van der Waals surface area contributed by atoms with Crippen molar-refractivity contribution in [3.05, 3.63) is 42.2 Å². The topological polar surface area (TPSA) is 68.2 Å². The number of nitrogens with one attached hydrogen (secondary N) is 2. The summed E-state index contributed by atoms with van der Waals surface area (Å²) in [6.45, 7) is 3.51. The Balaban J connectivity index is 1.54. The van der Waals surface area contributed by atoms with E-state index in [0.717, 1.165) is 37.2 Å². The minimum atomic E-state index is -0.271. The van der Waals surface area contributed by atoms with Gasteiger partial charge in [0.2, 0.25) is 0 Å². The number of benzene rings is 1. The lowest BCUT2D eigenvalue weighted by molar-refractivity contribution is 0.00401. The van der Waals surface area contributed by atoms with Crippen LogP contribution in [0.25, 0.3) is 0 Å². The van der Waals surface area contributed by atoms with Crippen LogP contribution in [-0.4, -0.2) is 28.5 Å². The number of aromatic nitrogens is 2. The molecule has 2 N–H and O–H groups in total. The Morgan fingerprint density at radius 1 is 1.35 bits per heavy atom. The van der Waals surface area contributed by atoms with E-state index in [4.69, 9.17) is 4.74 Å². The molecule has 2 aromatic rings. The first-order valence-electron chi connectivity index (χ1n) is 7.98. The predicted octanol–water partition coefficient (Wildman–Crippen LogP) is 3.40. The highest BCUT2D eigenvalue weighted by Gasteiger charge is 2.15. The molecule has 0 unspecified atom stereocenters. The Labute approximate surface area is 135 Å². The first kappa shape index (κ1) is 15.6. The molecule has 0 bridgehead atoms. The molecule has 122 valence electrons. The summed E-state index contributed by atoms with van der Waals surface area (Å²) < 4.78 is 7.52. The van der Waals surface area contributed by atoms with E-state index >= 15 is 0 Å². The maximum atomic E-state index is 12.0. The zero-order chi connectivity index (χ0) is 16.1. The third-order valence-electron chi connectivity index (χ3n) is 3.95. The Hall–Kier alpha value is -2.34. The van der Waals surface area contributed by atoms with Crippen LogP contribution in [0.1, 0.15) is 24.8 Å². The molecule has 1 saturated heterocycles. The van der Waals surface area contributed by atoms with E-state index in [1.54, 1.807) is 6.20 Å². The second-order valence-electron chi connectivity index (χ2n) is 5.83. The molecule has 0 aliphatic carbocycles. The van der Waals surface area contributed by atoms with Crippen LogP contribution in [0.3, 0.4) is 0 Å². The molecule has 1 atom stereocenters. The van der Waals surface area contributed by atoms with E-state index < -0.39 is 0 Å². The van der Waals surface area contributed by atoms with Gasteiger partial charge in [0.1, 0.15) is 0 Å². The molecule has 6 nitrogen and oxygen atoms in total. The molecule has 1 aliphatic heterocycles. The van der Waals surface area contributed by atoms with Crippen molar-refractivity contribution in [2.75, 3.05) is 17.2 Å². The smallest absolute Gasteiger partial charge is 0.323 e. The number of carbonyl (C=O) groups excluding carboxylic acids is 1. The number of urea groups is 1. The normalized spacial score (nSPS) is 17.7. The average Bonchev–Trinajstić information content (AvgIpc) is 2.97. The molecule has 6 heteroatoms. The maximum absolute atomic E-state index is 12.0. The van der Waals surface area contributed by atoms with Gasteiger partial charge < -0.3 is 15.4 Å². The first-order valence-corrected chi connectivity index (χ1v) is 7.98. The number of rotatable bonds is 4. The van der Waals surface area contributed by atoms with E-state index in [1.807, 2.05) is 42.1 Å². The number of aryl methyl sites for hydroxylation is 1. The number of hydrogen-bond donors (Lipinski definition) is 2. The van der Waals surface area contributed by atoms with Crippen LogP contribution in [0.2, 0.25) is 0 Å². The molecule has 23 heavy (non-hydrogen) atoms. The van der Waals surface area contributed by atoms with Gasteiger partial charge in [-0.2, -0.15) is 5.10 Å². The van der Waals surface area contributed by atoms with Crippen molar-refractivity contribution in [1.82, 2.24) is 9.78 Å². The summed E-state index contributed by atoms with van der Waals surface area (Å²) in [5, 5.41) is 9.92. The van der Waals surface area contributed by atoms with Gasteiger partial charge in [0.05, 0.1) is 24.5 Å². The van der Waals surface area contributed by atoms with Crippen LogP contribution in [0.5, 0.6) is 0 Å². The molecule has 0 spiro atoms. The fraction of sp³-hybridized carbons (Fsp3) is 0.412. The fourth-order valence-electron chi connectivity index (χ4n) is 2.69. The van der Waals surface area contributed by atoms with Gasteiger partial charge in [-0.05, 0) is 37.8 Å². The van der Waals surface area contributed by atoms with Crippen LogP contribution in [0, 0.1) is 6.92 Å². The van der Waals surface area contributed by atoms with Gasteiger partial charge in [-0.3, -0.25) is 4.68 Å². The molecule has 0 radical (unpaired) electrons. The summed E-state index contributed by atoms with van der Waals surface area (Å²) in [5.41, 5.74) is 2.49. The van der Waals surface area contributed by atoms with Crippen molar-refractivity contribution in [1.29, 1.82) is 0 Å².